The molecule has 0 aliphatic rings. The number of benzene rings is 3. The maximum Gasteiger partial charge on any atom is 0.264 e. The fourth-order valence-electron chi connectivity index (χ4n) is 4.06. The van der Waals surface area contributed by atoms with Gasteiger partial charge in [-0.1, -0.05) is 68.8 Å². The lowest BCUT2D eigenvalue weighted by atomic mass is 10.1. The van der Waals surface area contributed by atoms with E-state index < -0.39 is 34.3 Å². The molecule has 7 nitrogen and oxygen atoms in total. The Bertz CT molecular complexity index is 1290. The van der Waals surface area contributed by atoms with Crippen LogP contribution in [-0.2, 0) is 26.2 Å². The molecule has 0 radical (unpaired) electrons. The molecule has 38 heavy (non-hydrogen) atoms. The average Bonchev–Trinajstić information content (AvgIpc) is 2.93. The lowest BCUT2D eigenvalue weighted by Crippen LogP contribution is -2.52. The first-order valence-corrected chi connectivity index (χ1v) is 14.2. The topological polar surface area (TPSA) is 86.8 Å². The van der Waals surface area contributed by atoms with Gasteiger partial charge < -0.3 is 10.2 Å². The summed E-state index contributed by atoms with van der Waals surface area (Å²) in [6.07, 6.45) is 2.06. The van der Waals surface area contributed by atoms with Crippen LogP contribution in [0.2, 0.25) is 0 Å². The Labute approximate surface area is 224 Å². The summed E-state index contributed by atoms with van der Waals surface area (Å²) < 4.78 is 42.0. The maximum absolute atomic E-state index is 13.9. The minimum Gasteiger partial charge on any atom is -0.354 e. The summed E-state index contributed by atoms with van der Waals surface area (Å²) >= 11 is 0. The van der Waals surface area contributed by atoms with Crippen molar-refractivity contribution in [3.8, 4) is 0 Å². The van der Waals surface area contributed by atoms with E-state index in [4.69, 9.17) is 0 Å². The fourth-order valence-corrected chi connectivity index (χ4v) is 5.50. The summed E-state index contributed by atoms with van der Waals surface area (Å²) in [4.78, 5) is 28.4. The van der Waals surface area contributed by atoms with E-state index >= 15 is 0 Å². The number of hydrogen-bond donors (Lipinski definition) is 1. The lowest BCUT2D eigenvalue weighted by molar-refractivity contribution is -0.140. The van der Waals surface area contributed by atoms with Crippen LogP contribution in [0.5, 0.6) is 0 Å². The second-order valence-electron chi connectivity index (χ2n) is 8.88. The molecule has 0 aliphatic carbocycles. The third-order valence-electron chi connectivity index (χ3n) is 6.14. The number of hydrogen-bond acceptors (Lipinski definition) is 4. The number of carbonyl (C=O) groups excluding carboxylic acids is 2. The molecule has 0 aliphatic heterocycles. The van der Waals surface area contributed by atoms with E-state index in [1.165, 1.54) is 29.2 Å². The summed E-state index contributed by atoms with van der Waals surface area (Å²) in [5.41, 5.74) is 0.948. The molecule has 0 saturated carbocycles. The second kappa shape index (κ2) is 13.7. The van der Waals surface area contributed by atoms with Crippen molar-refractivity contribution in [1.82, 2.24) is 10.2 Å². The van der Waals surface area contributed by atoms with Crippen LogP contribution in [0.15, 0.2) is 89.8 Å². The molecule has 0 bridgehead atoms. The number of nitrogens with zero attached hydrogens (tertiary/aromatic N) is 2. The first kappa shape index (κ1) is 28.8. The number of amides is 2. The Morgan fingerprint density at radius 3 is 2.08 bits per heavy atom. The van der Waals surface area contributed by atoms with Gasteiger partial charge in [0, 0.05) is 13.1 Å². The summed E-state index contributed by atoms with van der Waals surface area (Å²) in [6, 6.07) is 21.1. The van der Waals surface area contributed by atoms with E-state index in [0.29, 0.717) is 13.0 Å². The minimum absolute atomic E-state index is 0.00363. The highest BCUT2D eigenvalue weighted by Crippen LogP contribution is 2.25. The summed E-state index contributed by atoms with van der Waals surface area (Å²) in [7, 11) is -4.18. The van der Waals surface area contributed by atoms with Gasteiger partial charge in [0.25, 0.3) is 10.0 Å². The van der Waals surface area contributed by atoms with Gasteiger partial charge in [-0.05, 0) is 54.8 Å². The molecule has 3 rings (SSSR count). The normalized spacial score (nSPS) is 12.0. The van der Waals surface area contributed by atoms with E-state index in [1.54, 1.807) is 18.2 Å². The highest BCUT2D eigenvalue weighted by atomic mass is 32.2. The third kappa shape index (κ3) is 7.41. The number of anilines is 1. The molecule has 0 saturated heterocycles. The minimum atomic E-state index is -4.18. The lowest BCUT2D eigenvalue weighted by Gasteiger charge is -2.33. The number of nitrogens with one attached hydrogen (secondary N) is 1. The number of halogens is 1. The SMILES string of the molecule is CCCCNC(=O)[C@H](CC)N(Cc1ccccc1)C(=O)CN(c1ccc(F)cc1)S(=O)(=O)c1ccccc1. The summed E-state index contributed by atoms with van der Waals surface area (Å²) in [5, 5.41) is 2.90. The van der Waals surface area contributed by atoms with Crippen molar-refractivity contribution in [3.63, 3.8) is 0 Å². The van der Waals surface area contributed by atoms with Crippen LogP contribution in [0.25, 0.3) is 0 Å². The molecule has 0 heterocycles. The van der Waals surface area contributed by atoms with Crippen LogP contribution in [0, 0.1) is 5.82 Å². The van der Waals surface area contributed by atoms with Gasteiger partial charge in [0.15, 0.2) is 0 Å². The van der Waals surface area contributed by atoms with E-state index in [1.807, 2.05) is 44.2 Å². The molecule has 202 valence electrons. The van der Waals surface area contributed by atoms with Gasteiger partial charge in [0.05, 0.1) is 10.6 Å². The Kier molecular flexibility index (Phi) is 10.4. The van der Waals surface area contributed by atoms with Crippen LogP contribution < -0.4 is 9.62 Å². The first-order valence-electron chi connectivity index (χ1n) is 12.7. The standard InChI is InChI=1S/C29H34FN3O4S/c1-3-5-20-31-29(35)27(4-2)32(21-23-12-8-6-9-13-23)28(34)22-33(25-18-16-24(30)17-19-25)38(36,37)26-14-10-7-11-15-26/h6-19,27H,3-5,20-22H2,1-2H3,(H,31,35)/t27-/m0/s1. The molecule has 2 amide bonds. The Morgan fingerprint density at radius 2 is 1.50 bits per heavy atom. The fraction of sp³-hybridized carbons (Fsp3) is 0.310. The highest BCUT2D eigenvalue weighted by molar-refractivity contribution is 7.92. The van der Waals surface area contributed by atoms with Crippen molar-refractivity contribution in [2.45, 2.75) is 50.6 Å². The monoisotopic (exact) mass is 539 g/mol. The molecular formula is C29H34FN3O4S. The predicted molar refractivity (Wildman–Crippen MR) is 146 cm³/mol. The molecule has 0 fully saturated rings. The molecule has 0 spiro atoms. The van der Waals surface area contributed by atoms with Crippen LogP contribution in [0.4, 0.5) is 10.1 Å². The highest BCUT2D eigenvalue weighted by Gasteiger charge is 2.33. The van der Waals surface area contributed by atoms with Gasteiger partial charge in [0.1, 0.15) is 18.4 Å². The molecule has 3 aromatic carbocycles. The van der Waals surface area contributed by atoms with E-state index in [9.17, 15) is 22.4 Å². The van der Waals surface area contributed by atoms with Crippen molar-refractivity contribution in [2.75, 3.05) is 17.4 Å². The molecular weight excluding hydrogens is 505 g/mol. The average molecular weight is 540 g/mol. The van der Waals surface area contributed by atoms with E-state index in [2.05, 4.69) is 5.32 Å². The van der Waals surface area contributed by atoms with Gasteiger partial charge in [0.2, 0.25) is 11.8 Å². The van der Waals surface area contributed by atoms with Crippen LogP contribution in [0.1, 0.15) is 38.7 Å². The van der Waals surface area contributed by atoms with Crippen molar-refractivity contribution in [2.24, 2.45) is 0 Å². The first-order chi connectivity index (χ1) is 18.3. The Hall–Kier alpha value is -3.72. The Morgan fingerprint density at radius 1 is 0.895 bits per heavy atom. The number of unbranched alkanes of at least 4 members (excludes halogenated alkanes) is 1. The van der Waals surface area contributed by atoms with Crippen molar-refractivity contribution >= 4 is 27.5 Å². The molecule has 0 aromatic heterocycles. The van der Waals surface area contributed by atoms with Crippen molar-refractivity contribution in [1.29, 1.82) is 0 Å². The van der Waals surface area contributed by atoms with Crippen LogP contribution >= 0.6 is 0 Å². The number of sulfonamides is 1. The molecule has 3 aromatic rings. The molecule has 1 N–H and O–H groups in total. The Balaban J connectivity index is 2.00. The van der Waals surface area contributed by atoms with E-state index in [-0.39, 0.29) is 23.0 Å². The zero-order chi connectivity index (χ0) is 27.5. The van der Waals surface area contributed by atoms with Crippen molar-refractivity contribution < 1.29 is 22.4 Å². The third-order valence-corrected chi connectivity index (χ3v) is 7.92. The number of rotatable bonds is 13. The van der Waals surface area contributed by atoms with Crippen LogP contribution in [-0.4, -0.2) is 44.3 Å². The quantitative estimate of drug-likeness (QED) is 0.318. The zero-order valence-corrected chi connectivity index (χ0v) is 22.5. The second-order valence-corrected chi connectivity index (χ2v) is 10.7. The van der Waals surface area contributed by atoms with Gasteiger partial charge in [-0.25, -0.2) is 12.8 Å². The molecule has 9 heteroatoms. The van der Waals surface area contributed by atoms with E-state index in [0.717, 1.165) is 34.8 Å². The van der Waals surface area contributed by atoms with Gasteiger partial charge >= 0.3 is 0 Å². The van der Waals surface area contributed by atoms with Crippen LogP contribution in [0.3, 0.4) is 0 Å². The number of carbonyl (C=O) groups is 2. The zero-order valence-electron chi connectivity index (χ0n) is 21.7. The maximum atomic E-state index is 13.9. The molecule has 0 unspecified atom stereocenters. The molecule has 1 atom stereocenters. The van der Waals surface area contributed by atoms with Crippen molar-refractivity contribution in [3.05, 3.63) is 96.3 Å². The van der Waals surface area contributed by atoms with Gasteiger partial charge in [-0.2, -0.15) is 0 Å². The summed E-state index contributed by atoms with van der Waals surface area (Å²) in [6.45, 7) is 3.89. The predicted octanol–water partition coefficient (Wildman–Crippen LogP) is 4.74. The smallest absolute Gasteiger partial charge is 0.264 e. The van der Waals surface area contributed by atoms with Gasteiger partial charge in [-0.15, -0.1) is 0 Å². The largest absolute Gasteiger partial charge is 0.354 e. The summed E-state index contributed by atoms with van der Waals surface area (Å²) in [5.74, 6) is -1.36. The van der Waals surface area contributed by atoms with Gasteiger partial charge in [-0.3, -0.25) is 13.9 Å².